The number of carbonyl (C=O) groups excluding carboxylic acids is 1. The number of hydrogen-bond acceptors (Lipinski definition) is 4. The second kappa shape index (κ2) is 8.10. The van der Waals surface area contributed by atoms with E-state index in [-0.39, 0.29) is 11.0 Å². The predicted octanol–water partition coefficient (Wildman–Crippen LogP) is 4.10. The first kappa shape index (κ1) is 20.3. The van der Waals surface area contributed by atoms with Gasteiger partial charge in [0.1, 0.15) is 6.54 Å². The Hall–Kier alpha value is -2.05. The number of hydrogen-bond donors (Lipinski definition) is 0. The lowest BCUT2D eigenvalue weighted by atomic mass is 10.1. The molecule has 0 aromatic heterocycles. The molecule has 0 amide bonds. The van der Waals surface area contributed by atoms with Crippen LogP contribution in [-0.4, -0.2) is 27.0 Å². The second-order valence-electron chi connectivity index (χ2n) is 6.22. The predicted molar refractivity (Wildman–Crippen MR) is 103 cm³/mol. The molecule has 0 bridgehead atoms. The Bertz CT molecular complexity index is 892. The molecule has 5 nitrogen and oxygen atoms in total. The molecule has 26 heavy (non-hydrogen) atoms. The van der Waals surface area contributed by atoms with Gasteiger partial charge in [0.15, 0.2) is 0 Å². The highest BCUT2D eigenvalue weighted by molar-refractivity contribution is 7.92. The summed E-state index contributed by atoms with van der Waals surface area (Å²) < 4.78 is 32.7. The van der Waals surface area contributed by atoms with Crippen molar-refractivity contribution in [3.8, 4) is 0 Å². The van der Waals surface area contributed by atoms with Gasteiger partial charge in [-0.25, -0.2) is 8.42 Å². The van der Waals surface area contributed by atoms with Crippen LogP contribution in [0.2, 0.25) is 5.02 Å². The van der Waals surface area contributed by atoms with Crippen molar-refractivity contribution in [2.75, 3.05) is 10.8 Å². The first-order valence-corrected chi connectivity index (χ1v) is 9.98. The van der Waals surface area contributed by atoms with E-state index in [1.165, 1.54) is 24.3 Å². The van der Waals surface area contributed by atoms with Crippen LogP contribution in [0.15, 0.2) is 47.4 Å². The van der Waals surface area contributed by atoms with Crippen LogP contribution in [0.3, 0.4) is 0 Å². The Morgan fingerprint density at radius 3 is 2.31 bits per heavy atom. The van der Waals surface area contributed by atoms with Crippen LogP contribution in [0, 0.1) is 13.8 Å². The van der Waals surface area contributed by atoms with Crippen molar-refractivity contribution in [3.63, 3.8) is 0 Å². The molecule has 0 aliphatic carbocycles. The Morgan fingerprint density at radius 2 is 1.73 bits per heavy atom. The van der Waals surface area contributed by atoms with Gasteiger partial charge >= 0.3 is 5.97 Å². The first-order valence-electron chi connectivity index (χ1n) is 8.17. The van der Waals surface area contributed by atoms with Gasteiger partial charge in [0, 0.05) is 5.02 Å². The quantitative estimate of drug-likeness (QED) is 0.690. The van der Waals surface area contributed by atoms with Gasteiger partial charge in [-0.3, -0.25) is 9.10 Å². The van der Waals surface area contributed by atoms with Gasteiger partial charge in [0.05, 0.1) is 16.7 Å². The fraction of sp³-hybridized carbons (Fsp3) is 0.316. The van der Waals surface area contributed by atoms with E-state index in [2.05, 4.69) is 0 Å². The van der Waals surface area contributed by atoms with Crippen molar-refractivity contribution in [2.24, 2.45) is 0 Å². The van der Waals surface area contributed by atoms with Gasteiger partial charge < -0.3 is 4.74 Å². The van der Waals surface area contributed by atoms with Gasteiger partial charge in [-0.1, -0.05) is 23.7 Å². The van der Waals surface area contributed by atoms with Crippen LogP contribution in [0.4, 0.5) is 5.69 Å². The highest BCUT2D eigenvalue weighted by Gasteiger charge is 2.29. The summed E-state index contributed by atoms with van der Waals surface area (Å²) in [4.78, 5) is 12.3. The van der Waals surface area contributed by atoms with E-state index in [4.69, 9.17) is 16.3 Å². The second-order valence-corrected chi connectivity index (χ2v) is 8.52. The molecule has 2 aromatic carbocycles. The number of sulfonamides is 1. The van der Waals surface area contributed by atoms with Crippen LogP contribution >= 0.6 is 11.6 Å². The number of halogens is 1. The number of nitrogens with zero attached hydrogens (tertiary/aromatic N) is 1. The van der Waals surface area contributed by atoms with Gasteiger partial charge in [-0.15, -0.1) is 0 Å². The summed E-state index contributed by atoms with van der Waals surface area (Å²) in [5, 5.41) is 0.432. The molecule has 0 heterocycles. The van der Waals surface area contributed by atoms with Crippen molar-refractivity contribution < 1.29 is 17.9 Å². The average molecular weight is 396 g/mol. The molecule has 0 radical (unpaired) electrons. The third kappa shape index (κ3) is 4.56. The van der Waals surface area contributed by atoms with Gasteiger partial charge in [0.25, 0.3) is 10.0 Å². The van der Waals surface area contributed by atoms with Crippen molar-refractivity contribution >= 4 is 33.3 Å². The number of benzene rings is 2. The molecule has 2 aromatic rings. The molecule has 0 atom stereocenters. The van der Waals surface area contributed by atoms with Crippen molar-refractivity contribution in [1.82, 2.24) is 0 Å². The summed E-state index contributed by atoms with van der Waals surface area (Å²) in [7, 11) is -3.97. The Balaban J connectivity index is 2.54. The number of aryl methyl sites for hydroxylation is 1. The zero-order valence-corrected chi connectivity index (χ0v) is 16.8. The molecular formula is C19H22ClNO4S. The van der Waals surface area contributed by atoms with Gasteiger partial charge in [-0.05, 0) is 69.2 Å². The number of ether oxygens (including phenoxy) is 1. The highest BCUT2D eigenvalue weighted by Crippen LogP contribution is 2.29. The molecule has 0 fully saturated rings. The third-order valence-electron chi connectivity index (χ3n) is 3.89. The van der Waals surface area contributed by atoms with E-state index in [9.17, 15) is 13.2 Å². The van der Waals surface area contributed by atoms with Crippen LogP contribution in [0.25, 0.3) is 0 Å². The van der Waals surface area contributed by atoms with Crippen LogP contribution in [-0.2, 0) is 19.6 Å². The molecule has 7 heteroatoms. The molecular weight excluding hydrogens is 374 g/mol. The summed E-state index contributed by atoms with van der Waals surface area (Å²) in [6.45, 7) is 6.73. The number of anilines is 1. The largest absolute Gasteiger partial charge is 0.462 e. The summed E-state index contributed by atoms with van der Waals surface area (Å²) in [6, 6.07) is 11.2. The molecule has 0 saturated carbocycles. The highest BCUT2D eigenvalue weighted by atomic mass is 35.5. The van der Waals surface area contributed by atoms with E-state index in [0.29, 0.717) is 10.7 Å². The van der Waals surface area contributed by atoms with E-state index in [1.54, 1.807) is 26.0 Å². The van der Waals surface area contributed by atoms with E-state index in [0.717, 1.165) is 15.4 Å². The zero-order valence-electron chi connectivity index (χ0n) is 15.2. The molecule has 0 saturated heterocycles. The number of esters is 1. The maximum absolute atomic E-state index is 13.2. The summed E-state index contributed by atoms with van der Waals surface area (Å²) in [5.74, 6) is -0.613. The summed E-state index contributed by atoms with van der Waals surface area (Å²) in [6.07, 6.45) is -0.332. The number of carbonyl (C=O) groups is 1. The zero-order chi connectivity index (χ0) is 19.5. The molecule has 0 N–H and O–H groups in total. The van der Waals surface area contributed by atoms with Crippen molar-refractivity contribution in [1.29, 1.82) is 0 Å². The normalized spacial score (nSPS) is 11.5. The smallest absolute Gasteiger partial charge is 0.327 e. The minimum atomic E-state index is -3.97. The van der Waals surface area contributed by atoms with Gasteiger partial charge in [0.2, 0.25) is 0 Å². The van der Waals surface area contributed by atoms with Crippen molar-refractivity contribution in [3.05, 3.63) is 58.6 Å². The van der Waals surface area contributed by atoms with Crippen molar-refractivity contribution in [2.45, 2.75) is 38.7 Å². The Labute approximate surface area is 159 Å². The maximum Gasteiger partial charge on any atom is 0.327 e. The number of rotatable bonds is 6. The minimum absolute atomic E-state index is 0.0557. The Morgan fingerprint density at radius 1 is 1.12 bits per heavy atom. The first-order chi connectivity index (χ1) is 12.1. The van der Waals surface area contributed by atoms with Crippen LogP contribution in [0.5, 0.6) is 0 Å². The molecule has 0 spiro atoms. The van der Waals surface area contributed by atoms with E-state index in [1.807, 2.05) is 19.9 Å². The van der Waals surface area contributed by atoms with E-state index < -0.39 is 22.5 Å². The topological polar surface area (TPSA) is 63.7 Å². The molecule has 140 valence electrons. The molecule has 0 unspecified atom stereocenters. The SMILES string of the molecule is Cc1cccc(N(CC(=O)OC(C)C)S(=O)(=O)c2ccc(Cl)cc2)c1C. The lowest BCUT2D eigenvalue weighted by Gasteiger charge is -2.26. The third-order valence-corrected chi connectivity index (χ3v) is 5.91. The fourth-order valence-corrected chi connectivity index (χ4v) is 4.05. The average Bonchev–Trinajstić information content (AvgIpc) is 2.55. The van der Waals surface area contributed by atoms with Crippen LogP contribution in [0.1, 0.15) is 25.0 Å². The summed E-state index contributed by atoms with van der Waals surface area (Å²) >= 11 is 5.86. The standard InChI is InChI=1S/C19H22ClNO4S/c1-13(2)25-19(22)12-21(18-7-5-6-14(3)15(18)4)26(23,24)17-10-8-16(20)9-11-17/h5-11,13H,12H2,1-4H3. The van der Waals surface area contributed by atoms with E-state index >= 15 is 0 Å². The molecule has 0 aliphatic heterocycles. The fourth-order valence-electron chi connectivity index (χ4n) is 2.46. The maximum atomic E-state index is 13.2. The lowest BCUT2D eigenvalue weighted by Crippen LogP contribution is -2.37. The van der Waals surface area contributed by atoms with Crippen LogP contribution < -0.4 is 4.31 Å². The summed E-state index contributed by atoms with van der Waals surface area (Å²) in [5.41, 5.74) is 2.15. The lowest BCUT2D eigenvalue weighted by molar-refractivity contribution is -0.145. The molecule has 0 aliphatic rings. The monoisotopic (exact) mass is 395 g/mol. The van der Waals surface area contributed by atoms with Gasteiger partial charge in [-0.2, -0.15) is 0 Å². The Kier molecular flexibility index (Phi) is 6.31. The minimum Gasteiger partial charge on any atom is -0.462 e. The molecule has 2 rings (SSSR count).